The smallest absolute Gasteiger partial charge is 0.277 e. The normalized spacial score (nSPS) is 11.8. The third kappa shape index (κ3) is 4.25. The quantitative estimate of drug-likeness (QED) is 0.621. The molecular formula is C17H22N6OS. The Balaban J connectivity index is 1.67. The van der Waals surface area contributed by atoms with Gasteiger partial charge in [0.05, 0.1) is 5.75 Å². The Morgan fingerprint density at radius 1 is 1.08 bits per heavy atom. The molecule has 8 heteroatoms. The van der Waals surface area contributed by atoms with E-state index in [4.69, 9.17) is 4.42 Å². The van der Waals surface area contributed by atoms with Crippen LogP contribution in [0.3, 0.4) is 0 Å². The summed E-state index contributed by atoms with van der Waals surface area (Å²) >= 11 is 1.44. The molecule has 0 atom stereocenters. The van der Waals surface area contributed by atoms with Crippen LogP contribution in [-0.2, 0) is 17.7 Å². The predicted molar refractivity (Wildman–Crippen MR) is 96.1 cm³/mol. The first-order chi connectivity index (χ1) is 12.0. The second kappa shape index (κ2) is 7.35. The summed E-state index contributed by atoms with van der Waals surface area (Å²) in [7, 11) is 0. The van der Waals surface area contributed by atoms with E-state index in [1.807, 2.05) is 12.1 Å². The first-order valence-corrected chi connectivity index (χ1v) is 9.28. The van der Waals surface area contributed by atoms with Crippen molar-refractivity contribution in [2.24, 2.45) is 0 Å². The molecular weight excluding hydrogens is 336 g/mol. The van der Waals surface area contributed by atoms with Crippen molar-refractivity contribution in [2.75, 3.05) is 0 Å². The highest BCUT2D eigenvalue weighted by atomic mass is 32.2. The highest BCUT2D eigenvalue weighted by Crippen LogP contribution is 2.28. The standard InChI is InChI=1S/C17H22N6OS/c1-5-10-23-14(18-21-22-23)11-25-16-20-19-15(24-16)12-6-8-13(9-7-12)17(2,3)4/h6-9H,5,10-11H2,1-4H3. The summed E-state index contributed by atoms with van der Waals surface area (Å²) in [5.74, 6) is 1.93. The van der Waals surface area contributed by atoms with Crippen LogP contribution in [0.2, 0.25) is 0 Å². The molecule has 3 aromatic rings. The lowest BCUT2D eigenvalue weighted by Gasteiger charge is -2.18. The summed E-state index contributed by atoms with van der Waals surface area (Å²) in [6, 6.07) is 8.24. The topological polar surface area (TPSA) is 82.5 Å². The zero-order valence-electron chi connectivity index (χ0n) is 14.9. The van der Waals surface area contributed by atoms with Crippen LogP contribution in [0.5, 0.6) is 0 Å². The molecule has 0 radical (unpaired) electrons. The molecule has 0 spiro atoms. The lowest BCUT2D eigenvalue weighted by atomic mass is 9.87. The lowest BCUT2D eigenvalue weighted by Crippen LogP contribution is -2.10. The highest BCUT2D eigenvalue weighted by Gasteiger charge is 2.15. The van der Waals surface area contributed by atoms with Crippen molar-refractivity contribution in [1.29, 1.82) is 0 Å². The van der Waals surface area contributed by atoms with E-state index in [1.165, 1.54) is 17.3 Å². The van der Waals surface area contributed by atoms with E-state index >= 15 is 0 Å². The molecule has 0 fully saturated rings. The van der Waals surface area contributed by atoms with Gasteiger partial charge in [-0.15, -0.1) is 15.3 Å². The van der Waals surface area contributed by atoms with Crippen LogP contribution in [0.4, 0.5) is 0 Å². The zero-order valence-corrected chi connectivity index (χ0v) is 15.7. The van der Waals surface area contributed by atoms with Gasteiger partial charge in [0.2, 0.25) is 5.89 Å². The molecule has 0 amide bonds. The van der Waals surface area contributed by atoms with Gasteiger partial charge in [0.15, 0.2) is 5.82 Å². The van der Waals surface area contributed by atoms with Gasteiger partial charge >= 0.3 is 0 Å². The minimum absolute atomic E-state index is 0.122. The zero-order chi connectivity index (χ0) is 17.9. The summed E-state index contributed by atoms with van der Waals surface area (Å²) in [6.07, 6.45) is 0.984. The molecule has 2 aromatic heterocycles. The Kier molecular flexibility index (Phi) is 5.17. The van der Waals surface area contributed by atoms with Gasteiger partial charge in [0.25, 0.3) is 5.22 Å². The summed E-state index contributed by atoms with van der Waals surface area (Å²) in [6.45, 7) is 9.46. The maximum absolute atomic E-state index is 5.76. The number of hydrogen-bond donors (Lipinski definition) is 0. The van der Waals surface area contributed by atoms with Crippen molar-refractivity contribution < 1.29 is 4.42 Å². The molecule has 0 aliphatic carbocycles. The van der Waals surface area contributed by atoms with E-state index in [2.05, 4.69) is 65.6 Å². The molecule has 0 aliphatic heterocycles. The van der Waals surface area contributed by atoms with E-state index in [0.717, 1.165) is 24.4 Å². The SMILES string of the molecule is CCCn1nnnc1CSc1nnc(-c2ccc(C(C)(C)C)cc2)o1. The van der Waals surface area contributed by atoms with Crippen molar-refractivity contribution in [3.05, 3.63) is 35.7 Å². The number of benzene rings is 1. The maximum atomic E-state index is 5.76. The van der Waals surface area contributed by atoms with Gasteiger partial charge in [-0.2, -0.15) is 0 Å². The van der Waals surface area contributed by atoms with Gasteiger partial charge < -0.3 is 4.42 Å². The van der Waals surface area contributed by atoms with Gasteiger partial charge in [-0.3, -0.25) is 0 Å². The Bertz CT molecular complexity index is 818. The average Bonchev–Trinajstić information content (AvgIpc) is 3.22. The first kappa shape index (κ1) is 17.6. The third-order valence-corrected chi connectivity index (χ3v) is 4.59. The molecule has 0 bridgehead atoms. The van der Waals surface area contributed by atoms with Gasteiger partial charge in [-0.1, -0.05) is 51.6 Å². The van der Waals surface area contributed by atoms with Gasteiger partial charge in [0.1, 0.15) is 0 Å². The van der Waals surface area contributed by atoms with Crippen LogP contribution in [0, 0.1) is 0 Å². The van der Waals surface area contributed by atoms with E-state index < -0.39 is 0 Å². The number of nitrogens with zero attached hydrogens (tertiary/aromatic N) is 6. The van der Waals surface area contributed by atoms with Crippen LogP contribution in [0.1, 0.15) is 45.5 Å². The molecule has 0 unspecified atom stereocenters. The van der Waals surface area contributed by atoms with Crippen molar-refractivity contribution in [2.45, 2.75) is 57.1 Å². The fourth-order valence-electron chi connectivity index (χ4n) is 2.34. The monoisotopic (exact) mass is 358 g/mol. The van der Waals surface area contributed by atoms with Crippen molar-refractivity contribution in [3.63, 3.8) is 0 Å². The number of thioether (sulfide) groups is 1. The predicted octanol–water partition coefficient (Wildman–Crippen LogP) is 3.72. The molecule has 1 aromatic carbocycles. The summed E-state index contributed by atoms with van der Waals surface area (Å²) in [4.78, 5) is 0. The molecule has 25 heavy (non-hydrogen) atoms. The van der Waals surface area contributed by atoms with Gasteiger partial charge in [0, 0.05) is 12.1 Å². The summed E-state index contributed by atoms with van der Waals surface area (Å²) < 4.78 is 7.56. The average molecular weight is 358 g/mol. The number of rotatable bonds is 6. The lowest BCUT2D eigenvalue weighted by molar-refractivity contribution is 0.465. The summed E-state index contributed by atoms with van der Waals surface area (Å²) in [5.41, 5.74) is 2.31. The Labute approximate surface area is 151 Å². The molecule has 132 valence electrons. The minimum atomic E-state index is 0.122. The molecule has 0 saturated heterocycles. The fourth-order valence-corrected chi connectivity index (χ4v) is 3.03. The first-order valence-electron chi connectivity index (χ1n) is 8.29. The maximum Gasteiger partial charge on any atom is 0.277 e. The number of hydrogen-bond acceptors (Lipinski definition) is 7. The van der Waals surface area contributed by atoms with Crippen LogP contribution >= 0.6 is 11.8 Å². The van der Waals surface area contributed by atoms with E-state index in [9.17, 15) is 0 Å². The van der Waals surface area contributed by atoms with Gasteiger partial charge in [-0.25, -0.2) is 4.68 Å². The molecule has 0 saturated carbocycles. The highest BCUT2D eigenvalue weighted by molar-refractivity contribution is 7.98. The van der Waals surface area contributed by atoms with Crippen molar-refractivity contribution in [1.82, 2.24) is 30.4 Å². The third-order valence-electron chi connectivity index (χ3n) is 3.77. The number of aryl methyl sites for hydroxylation is 1. The van der Waals surface area contributed by atoms with E-state index in [0.29, 0.717) is 16.9 Å². The molecule has 0 aliphatic rings. The molecule has 0 N–H and O–H groups in total. The number of tetrazole rings is 1. The summed E-state index contributed by atoms with van der Waals surface area (Å²) in [5, 5.41) is 20.5. The van der Waals surface area contributed by atoms with Crippen LogP contribution in [0.15, 0.2) is 33.9 Å². The van der Waals surface area contributed by atoms with Crippen LogP contribution in [-0.4, -0.2) is 30.4 Å². The van der Waals surface area contributed by atoms with E-state index in [-0.39, 0.29) is 5.41 Å². The molecule has 7 nitrogen and oxygen atoms in total. The van der Waals surface area contributed by atoms with Crippen LogP contribution in [0.25, 0.3) is 11.5 Å². The van der Waals surface area contributed by atoms with Gasteiger partial charge in [-0.05, 0) is 40.0 Å². The van der Waals surface area contributed by atoms with E-state index in [1.54, 1.807) is 4.68 Å². The van der Waals surface area contributed by atoms with Crippen LogP contribution < -0.4 is 0 Å². The van der Waals surface area contributed by atoms with Crippen molar-refractivity contribution >= 4 is 11.8 Å². The Morgan fingerprint density at radius 2 is 1.84 bits per heavy atom. The van der Waals surface area contributed by atoms with Crippen molar-refractivity contribution in [3.8, 4) is 11.5 Å². The Hall–Kier alpha value is -2.22. The molecule has 3 rings (SSSR count). The number of aromatic nitrogens is 6. The second-order valence-corrected chi connectivity index (χ2v) is 7.73. The second-order valence-electron chi connectivity index (χ2n) is 6.81. The molecule has 2 heterocycles. The fraction of sp³-hybridized carbons (Fsp3) is 0.471. The largest absolute Gasteiger partial charge is 0.411 e. The minimum Gasteiger partial charge on any atom is -0.411 e. The Morgan fingerprint density at radius 3 is 2.52 bits per heavy atom.